The molecule has 11 heteroatoms. The standard InChI is InChI=1S/C21H22Cl2N2O7/c1-9(2)31-20(28)17-13(8-14(26)32-21(24)29)25-10(3)15(19(27)30-4)16(17)11-6-5-7-12(22)18(11)23/h5-7,9,16,25H,8H2,1-4H3,(H2,24,29). The van der Waals surface area contributed by atoms with Crippen molar-refractivity contribution in [3.05, 3.63) is 56.3 Å². The van der Waals surface area contributed by atoms with Crippen LogP contribution in [-0.2, 0) is 28.6 Å². The Labute approximate surface area is 194 Å². The highest BCUT2D eigenvalue weighted by Crippen LogP contribution is 2.44. The van der Waals surface area contributed by atoms with Gasteiger partial charge in [0.2, 0.25) is 0 Å². The maximum absolute atomic E-state index is 13.2. The SMILES string of the molecule is COC(=O)C1=C(C)NC(CC(=O)OC(N)=O)=C(C(=O)OC(C)C)C1c1cccc(Cl)c1Cl. The molecular formula is C21H22Cl2N2O7. The van der Waals surface area contributed by atoms with Crippen LogP contribution < -0.4 is 11.1 Å². The zero-order chi connectivity index (χ0) is 24.2. The summed E-state index contributed by atoms with van der Waals surface area (Å²) in [5.41, 5.74) is 5.55. The van der Waals surface area contributed by atoms with Crippen LogP contribution in [0.2, 0.25) is 10.0 Å². The Balaban J connectivity index is 2.79. The number of halogens is 2. The summed E-state index contributed by atoms with van der Waals surface area (Å²) in [6.07, 6.45) is -2.35. The summed E-state index contributed by atoms with van der Waals surface area (Å²) in [7, 11) is 1.19. The molecule has 3 N–H and O–H groups in total. The van der Waals surface area contributed by atoms with Gasteiger partial charge in [-0.3, -0.25) is 4.79 Å². The Bertz CT molecular complexity index is 1030. The van der Waals surface area contributed by atoms with Gasteiger partial charge < -0.3 is 25.3 Å². The number of nitrogens with two attached hydrogens (primary N) is 1. The number of hydrogen-bond acceptors (Lipinski definition) is 8. The highest BCUT2D eigenvalue weighted by atomic mass is 35.5. The van der Waals surface area contributed by atoms with Crippen molar-refractivity contribution in [3.63, 3.8) is 0 Å². The molecule has 0 aliphatic carbocycles. The quantitative estimate of drug-likeness (QED) is 0.356. The van der Waals surface area contributed by atoms with E-state index in [1.165, 1.54) is 7.11 Å². The Kier molecular flexibility index (Phi) is 8.29. The van der Waals surface area contributed by atoms with Gasteiger partial charge in [-0.05, 0) is 32.4 Å². The number of methoxy groups -OCH3 is 1. The van der Waals surface area contributed by atoms with Crippen LogP contribution in [0.5, 0.6) is 0 Å². The first-order valence-corrected chi connectivity index (χ1v) is 10.2. The Morgan fingerprint density at radius 2 is 1.78 bits per heavy atom. The van der Waals surface area contributed by atoms with Gasteiger partial charge >= 0.3 is 24.0 Å². The molecule has 0 aromatic heterocycles. The number of hydrogen-bond donors (Lipinski definition) is 2. The number of carbonyl (C=O) groups is 4. The zero-order valence-electron chi connectivity index (χ0n) is 17.8. The van der Waals surface area contributed by atoms with Gasteiger partial charge in [0.1, 0.15) is 0 Å². The number of nitrogens with one attached hydrogen (secondary N) is 1. The minimum absolute atomic E-state index is 0.0492. The lowest BCUT2D eigenvalue weighted by molar-refractivity contribution is -0.143. The third kappa shape index (κ3) is 5.60. The fourth-order valence-corrected chi connectivity index (χ4v) is 3.70. The van der Waals surface area contributed by atoms with Gasteiger partial charge in [0, 0.05) is 11.4 Å². The van der Waals surface area contributed by atoms with Crippen LogP contribution >= 0.6 is 23.2 Å². The summed E-state index contributed by atoms with van der Waals surface area (Å²) >= 11 is 12.6. The molecule has 1 aliphatic heterocycles. The van der Waals surface area contributed by atoms with E-state index >= 15 is 0 Å². The molecule has 1 amide bonds. The maximum atomic E-state index is 13.2. The molecule has 1 unspecified atom stereocenters. The van der Waals surface area contributed by atoms with Crippen molar-refractivity contribution in [2.75, 3.05) is 7.11 Å². The van der Waals surface area contributed by atoms with E-state index in [0.717, 1.165) is 0 Å². The smallest absolute Gasteiger partial charge is 0.412 e. The molecule has 1 heterocycles. The van der Waals surface area contributed by atoms with Crippen LogP contribution in [-0.4, -0.2) is 37.2 Å². The summed E-state index contributed by atoms with van der Waals surface area (Å²) < 4.78 is 14.7. The van der Waals surface area contributed by atoms with E-state index < -0.39 is 42.4 Å². The van der Waals surface area contributed by atoms with Gasteiger partial charge in [-0.2, -0.15) is 0 Å². The van der Waals surface area contributed by atoms with E-state index in [-0.39, 0.29) is 26.9 Å². The van der Waals surface area contributed by atoms with Crippen molar-refractivity contribution >= 4 is 47.2 Å². The highest BCUT2D eigenvalue weighted by molar-refractivity contribution is 6.42. The number of amides is 1. The third-order valence-corrected chi connectivity index (χ3v) is 5.27. The van der Waals surface area contributed by atoms with Crippen LogP contribution in [0.1, 0.15) is 38.7 Å². The molecule has 1 aromatic rings. The van der Waals surface area contributed by atoms with Crippen LogP contribution in [0.25, 0.3) is 0 Å². The van der Waals surface area contributed by atoms with Gasteiger partial charge in [-0.1, -0.05) is 35.3 Å². The van der Waals surface area contributed by atoms with Crippen LogP contribution in [0.4, 0.5) is 4.79 Å². The number of dihydropyridines is 1. The van der Waals surface area contributed by atoms with Crippen molar-refractivity contribution < 1.29 is 33.4 Å². The maximum Gasteiger partial charge on any atom is 0.412 e. The molecular weight excluding hydrogens is 463 g/mol. The number of primary amides is 1. The summed E-state index contributed by atoms with van der Waals surface area (Å²) in [5, 5.41) is 3.14. The third-order valence-electron chi connectivity index (χ3n) is 4.44. The Morgan fingerprint density at radius 3 is 2.34 bits per heavy atom. The van der Waals surface area contributed by atoms with Gasteiger partial charge in [-0.25, -0.2) is 14.4 Å². The first kappa shape index (κ1) is 25.2. The molecule has 2 rings (SSSR count). The molecule has 0 fully saturated rings. The minimum atomic E-state index is -1.30. The van der Waals surface area contributed by atoms with Gasteiger partial charge in [-0.15, -0.1) is 0 Å². The molecule has 0 spiro atoms. The lowest BCUT2D eigenvalue weighted by atomic mass is 9.79. The number of ether oxygens (including phenoxy) is 3. The van der Waals surface area contributed by atoms with E-state index in [0.29, 0.717) is 11.3 Å². The zero-order valence-corrected chi connectivity index (χ0v) is 19.3. The molecule has 32 heavy (non-hydrogen) atoms. The van der Waals surface area contributed by atoms with Crippen LogP contribution in [0, 0.1) is 0 Å². The average Bonchev–Trinajstić information content (AvgIpc) is 2.67. The monoisotopic (exact) mass is 484 g/mol. The van der Waals surface area contributed by atoms with Crippen LogP contribution in [0.15, 0.2) is 40.7 Å². The van der Waals surface area contributed by atoms with E-state index in [4.69, 9.17) is 38.4 Å². The number of rotatable bonds is 6. The summed E-state index contributed by atoms with van der Waals surface area (Å²) in [6.45, 7) is 4.83. The molecule has 1 aromatic carbocycles. The molecule has 1 atom stereocenters. The number of benzene rings is 1. The van der Waals surface area contributed by atoms with Gasteiger partial charge in [0.05, 0.1) is 46.7 Å². The normalized spacial score (nSPS) is 15.9. The summed E-state index contributed by atoms with van der Waals surface area (Å²) in [4.78, 5) is 49.0. The van der Waals surface area contributed by atoms with Crippen molar-refractivity contribution in [2.45, 2.75) is 39.2 Å². The molecule has 0 bridgehead atoms. The van der Waals surface area contributed by atoms with Crippen molar-refractivity contribution in [3.8, 4) is 0 Å². The highest BCUT2D eigenvalue weighted by Gasteiger charge is 2.40. The van der Waals surface area contributed by atoms with Crippen molar-refractivity contribution in [1.82, 2.24) is 5.32 Å². The molecule has 0 saturated carbocycles. The second-order valence-electron chi connectivity index (χ2n) is 7.05. The molecule has 1 aliphatic rings. The molecule has 172 valence electrons. The fraction of sp³-hybridized carbons (Fsp3) is 0.333. The van der Waals surface area contributed by atoms with E-state index in [9.17, 15) is 19.2 Å². The number of carbonyl (C=O) groups excluding carboxylic acids is 4. The Hall–Kier alpha value is -3.04. The van der Waals surface area contributed by atoms with Gasteiger partial charge in [0.25, 0.3) is 0 Å². The topological polar surface area (TPSA) is 134 Å². The van der Waals surface area contributed by atoms with Crippen molar-refractivity contribution in [1.29, 1.82) is 0 Å². The lowest BCUT2D eigenvalue weighted by Gasteiger charge is -2.32. The van der Waals surface area contributed by atoms with E-state index in [1.54, 1.807) is 39.0 Å². The van der Waals surface area contributed by atoms with Crippen LogP contribution in [0.3, 0.4) is 0 Å². The average molecular weight is 485 g/mol. The van der Waals surface area contributed by atoms with Crippen molar-refractivity contribution in [2.24, 2.45) is 5.73 Å². The Morgan fingerprint density at radius 1 is 1.12 bits per heavy atom. The largest absolute Gasteiger partial charge is 0.466 e. The van der Waals surface area contributed by atoms with Gasteiger partial charge in [0.15, 0.2) is 0 Å². The summed E-state index contributed by atoms with van der Waals surface area (Å²) in [6, 6.07) is 4.73. The molecule has 0 saturated heterocycles. The number of allylic oxidation sites excluding steroid dienone is 1. The lowest BCUT2D eigenvalue weighted by Crippen LogP contribution is -2.35. The predicted octanol–water partition coefficient (Wildman–Crippen LogP) is 3.34. The molecule has 0 radical (unpaired) electrons. The second-order valence-corrected chi connectivity index (χ2v) is 7.83. The predicted molar refractivity (Wildman–Crippen MR) is 116 cm³/mol. The second kappa shape index (κ2) is 10.5. The van der Waals surface area contributed by atoms with E-state index in [2.05, 4.69) is 10.1 Å². The summed E-state index contributed by atoms with van der Waals surface area (Å²) in [5.74, 6) is -3.65. The number of esters is 3. The van der Waals surface area contributed by atoms with E-state index in [1.807, 2.05) is 0 Å². The fourth-order valence-electron chi connectivity index (χ4n) is 3.28. The first-order chi connectivity index (χ1) is 15.0. The minimum Gasteiger partial charge on any atom is -0.466 e. The molecule has 9 nitrogen and oxygen atoms in total. The first-order valence-electron chi connectivity index (χ1n) is 9.42.